The van der Waals surface area contributed by atoms with Gasteiger partial charge in [0.2, 0.25) is 0 Å². The van der Waals surface area contributed by atoms with E-state index in [1.54, 1.807) is 0 Å². The van der Waals surface area contributed by atoms with E-state index in [4.69, 9.17) is 14.2 Å². The first-order chi connectivity index (χ1) is 2.91. The van der Waals surface area contributed by atoms with Crippen molar-refractivity contribution in [3.8, 4) is 0 Å². The quantitative estimate of drug-likeness (QED) is 0.724. The molecule has 0 bridgehead atoms. The topological polar surface area (TPSA) is 61.1 Å². The van der Waals surface area contributed by atoms with Gasteiger partial charge in [-0.25, -0.2) is 0 Å². The fourth-order valence-corrected chi connectivity index (χ4v) is 0. The van der Waals surface area contributed by atoms with Crippen LogP contribution >= 0.6 is 0 Å². The van der Waals surface area contributed by atoms with Gasteiger partial charge in [-0.05, 0) is 0 Å². The second-order valence-electron chi connectivity index (χ2n) is 0.474. The average Bonchev–Trinajstić information content (AvgIpc) is 1.72. The number of aliphatic hydroxyl groups is 1. The van der Waals surface area contributed by atoms with Crippen LogP contribution in [0.1, 0.15) is 0 Å². The van der Waals surface area contributed by atoms with Crippen LogP contribution in [-0.4, -0.2) is 18.3 Å². The van der Waals surface area contributed by atoms with Gasteiger partial charge in [-0.1, -0.05) is 0 Å². The molecule has 4 heteroatoms. The molecule has 0 aromatic heterocycles. The number of rotatable bonds is 1. The molecule has 0 aliphatic rings. The Morgan fingerprint density at radius 1 is 1.67 bits per heavy atom. The molecule has 0 aromatic carbocycles. The molecule has 0 aliphatic carbocycles. The predicted molar refractivity (Wildman–Crippen MR) is 17.0 cm³/mol. The molecule has 0 heterocycles. The van der Waals surface area contributed by atoms with Crippen molar-refractivity contribution in [2.75, 3.05) is 13.2 Å². The van der Waals surface area contributed by atoms with Crippen LogP contribution in [0.3, 0.4) is 0 Å². The molecule has 0 rings (SSSR count). The molecular formula is C2H6NO2Pt-. The third kappa shape index (κ3) is 25.8. The fraction of sp³-hybridized carbons (Fsp3) is 1.00. The Labute approximate surface area is 47.7 Å². The summed E-state index contributed by atoms with van der Waals surface area (Å²) in [5.41, 5.74) is 6.20. The van der Waals surface area contributed by atoms with Crippen molar-refractivity contribution in [2.45, 2.75) is 0 Å². The molecule has 2 N–H and O–H groups in total. The Morgan fingerprint density at radius 2 is 1.83 bits per heavy atom. The molecule has 0 unspecified atom stereocenters. The Kier molecular flexibility index (Phi) is 29.1. The zero-order valence-corrected chi connectivity index (χ0v) is 5.36. The molecule has 0 aromatic rings. The van der Waals surface area contributed by atoms with Crippen LogP contribution in [0.2, 0.25) is 0 Å². The maximum atomic E-state index is 8.22. The summed E-state index contributed by atoms with van der Waals surface area (Å²) < 4.78 is 8.22. The number of hydrogen-bond donors (Lipinski definition) is 1. The average molecular weight is 271 g/mol. The van der Waals surface area contributed by atoms with Gasteiger partial charge < -0.3 is 10.8 Å². The van der Waals surface area contributed by atoms with E-state index >= 15 is 0 Å². The molecule has 0 amide bonds. The Bertz CT molecular complexity index is 19.0. The summed E-state index contributed by atoms with van der Waals surface area (Å²) in [5.74, 6) is 0. The van der Waals surface area contributed by atoms with E-state index in [9.17, 15) is 0 Å². The van der Waals surface area contributed by atoms with Crippen LogP contribution in [0.25, 0.3) is 5.73 Å². The van der Waals surface area contributed by atoms with Crippen LogP contribution in [0.4, 0.5) is 0 Å². The molecule has 0 saturated carbocycles. The second-order valence-corrected chi connectivity index (χ2v) is 0.474. The van der Waals surface area contributed by atoms with Gasteiger partial charge in [0, 0.05) is 6.61 Å². The minimum absolute atomic E-state index is 0.0139. The Hall–Kier alpha value is 0.408. The summed E-state index contributed by atoms with van der Waals surface area (Å²) in [6.07, 6.45) is 0. The van der Waals surface area contributed by atoms with Crippen molar-refractivity contribution < 1.29 is 28.3 Å². The van der Waals surface area contributed by atoms with Crippen LogP contribution in [0.5, 0.6) is 0 Å². The van der Waals surface area contributed by atoms with Gasteiger partial charge in [-0.15, -0.1) is 6.54 Å². The van der Waals surface area contributed by atoms with Crippen molar-refractivity contribution >= 4 is 0 Å². The SMILES string of the molecule is [NH-]CCO.[O]=[Pt]. The van der Waals surface area contributed by atoms with E-state index < -0.39 is 0 Å². The first-order valence-corrected chi connectivity index (χ1v) is 2.23. The van der Waals surface area contributed by atoms with Gasteiger partial charge in [0.1, 0.15) is 0 Å². The summed E-state index contributed by atoms with van der Waals surface area (Å²) >= 11 is 0.889. The van der Waals surface area contributed by atoms with Crippen LogP contribution in [0.15, 0.2) is 0 Å². The van der Waals surface area contributed by atoms with Crippen LogP contribution < -0.4 is 0 Å². The van der Waals surface area contributed by atoms with Gasteiger partial charge in [0.05, 0.1) is 0 Å². The van der Waals surface area contributed by atoms with Crippen molar-refractivity contribution in [3.63, 3.8) is 0 Å². The summed E-state index contributed by atoms with van der Waals surface area (Å²) in [7, 11) is 0. The number of hydrogen-bond acceptors (Lipinski definition) is 2. The summed E-state index contributed by atoms with van der Waals surface area (Å²) in [5, 5.41) is 7.69. The van der Waals surface area contributed by atoms with E-state index in [2.05, 4.69) is 0 Å². The molecular weight excluding hydrogens is 265 g/mol. The van der Waals surface area contributed by atoms with Crippen molar-refractivity contribution in [1.82, 2.24) is 0 Å². The Balaban J connectivity index is 0. The van der Waals surface area contributed by atoms with E-state index in [0.717, 1.165) is 19.8 Å². The number of aliphatic hydroxyl groups excluding tert-OH is 1. The van der Waals surface area contributed by atoms with Gasteiger partial charge >= 0.3 is 23.2 Å². The second kappa shape index (κ2) is 18.1. The van der Waals surface area contributed by atoms with Crippen molar-refractivity contribution in [2.24, 2.45) is 0 Å². The summed E-state index contributed by atoms with van der Waals surface area (Å²) in [4.78, 5) is 0. The molecule has 0 saturated heterocycles. The third-order valence-corrected chi connectivity index (χ3v) is 0.112. The zero-order chi connectivity index (χ0) is 5.41. The minimum atomic E-state index is -0.0139. The monoisotopic (exact) mass is 271 g/mol. The molecule has 0 spiro atoms. The summed E-state index contributed by atoms with van der Waals surface area (Å²) in [6.45, 7) is 0.111. The number of nitrogens with one attached hydrogen (secondary N) is 1. The zero-order valence-electron chi connectivity index (χ0n) is 3.09. The van der Waals surface area contributed by atoms with Gasteiger partial charge in [0.25, 0.3) is 0 Å². The van der Waals surface area contributed by atoms with Gasteiger partial charge in [-0.2, -0.15) is 0 Å². The molecule has 0 radical (unpaired) electrons. The first-order valence-electron chi connectivity index (χ1n) is 1.30. The van der Waals surface area contributed by atoms with Gasteiger partial charge in [-0.3, -0.25) is 0 Å². The molecule has 3 nitrogen and oxygen atoms in total. The van der Waals surface area contributed by atoms with E-state index in [1.165, 1.54) is 0 Å². The molecule has 0 atom stereocenters. The standard InChI is InChI=1S/C2H6NO.O.Pt/c3-1-2-4;;/h3-4H,1-2H2;;/q-1;;. The van der Waals surface area contributed by atoms with Crippen molar-refractivity contribution in [3.05, 3.63) is 5.73 Å². The first kappa shape index (κ1) is 9.65. The maximum absolute atomic E-state index is 8.22. The predicted octanol–water partition coefficient (Wildman–Crippen LogP) is -0.0904. The Morgan fingerprint density at radius 3 is 1.83 bits per heavy atom. The molecule has 6 heavy (non-hydrogen) atoms. The van der Waals surface area contributed by atoms with E-state index in [0.29, 0.717) is 0 Å². The van der Waals surface area contributed by atoms with Gasteiger partial charge in [0.15, 0.2) is 0 Å². The summed E-state index contributed by atoms with van der Waals surface area (Å²) in [6, 6.07) is 0. The third-order valence-electron chi connectivity index (χ3n) is 0.112. The normalized spacial score (nSPS) is 6.00. The molecule has 0 aliphatic heterocycles. The van der Waals surface area contributed by atoms with E-state index in [-0.39, 0.29) is 13.2 Å². The molecule has 0 fully saturated rings. The fourth-order valence-electron chi connectivity index (χ4n) is 0. The van der Waals surface area contributed by atoms with Crippen LogP contribution in [0, 0.1) is 0 Å². The van der Waals surface area contributed by atoms with E-state index in [1.807, 2.05) is 0 Å². The van der Waals surface area contributed by atoms with Crippen molar-refractivity contribution in [1.29, 1.82) is 0 Å². The molecule has 42 valence electrons. The van der Waals surface area contributed by atoms with Crippen LogP contribution in [-0.2, 0) is 23.2 Å².